The molecule has 0 N–H and O–H groups in total. The summed E-state index contributed by atoms with van der Waals surface area (Å²) in [5.74, 6) is 0.517. The molecule has 0 spiro atoms. The Morgan fingerprint density at radius 1 is 1.30 bits per heavy atom. The minimum absolute atomic E-state index is 0.168. The number of carbonyl (C=O) groups is 1. The van der Waals surface area contributed by atoms with Crippen LogP contribution in [0.25, 0.3) is 11.3 Å². The number of aromatic nitrogens is 1. The first-order chi connectivity index (χ1) is 9.44. The van der Waals surface area contributed by atoms with E-state index < -0.39 is 5.24 Å². The molecule has 3 rings (SSSR count). The van der Waals surface area contributed by atoms with Crippen LogP contribution in [0.2, 0.25) is 10.0 Å². The first kappa shape index (κ1) is 13.9. The highest BCUT2D eigenvalue weighted by Gasteiger charge is 2.46. The van der Waals surface area contributed by atoms with E-state index in [2.05, 4.69) is 5.16 Å². The number of hydrogen-bond acceptors (Lipinski definition) is 3. The van der Waals surface area contributed by atoms with Gasteiger partial charge in [0, 0.05) is 11.0 Å². The molecule has 0 bridgehead atoms. The maximum absolute atomic E-state index is 11.8. The summed E-state index contributed by atoms with van der Waals surface area (Å²) in [4.78, 5) is 11.8. The van der Waals surface area contributed by atoms with Crippen molar-refractivity contribution in [3.8, 4) is 11.3 Å². The van der Waals surface area contributed by atoms with E-state index >= 15 is 0 Å². The molecule has 1 saturated carbocycles. The lowest BCUT2D eigenvalue weighted by atomic mass is 9.98. The Hall–Kier alpha value is -1.03. The van der Waals surface area contributed by atoms with Crippen molar-refractivity contribution in [2.45, 2.75) is 25.2 Å². The zero-order chi connectivity index (χ0) is 14.5. The zero-order valence-electron chi connectivity index (χ0n) is 10.5. The van der Waals surface area contributed by atoms with Crippen LogP contribution in [0.3, 0.4) is 0 Å². The first-order valence-electron chi connectivity index (χ1n) is 6.08. The Bertz CT molecular complexity index is 684. The Morgan fingerprint density at radius 2 is 1.90 bits per heavy atom. The molecule has 1 aliphatic carbocycles. The van der Waals surface area contributed by atoms with Gasteiger partial charge in [-0.25, -0.2) is 0 Å². The third-order valence-corrected chi connectivity index (χ3v) is 4.46. The van der Waals surface area contributed by atoms with Crippen molar-refractivity contribution in [1.29, 1.82) is 0 Å². The van der Waals surface area contributed by atoms with E-state index in [0.717, 1.165) is 12.8 Å². The SMILES string of the molecule is CC1(c2onc(-c3c(Cl)cccc3Cl)c2C(=O)Cl)CC1. The van der Waals surface area contributed by atoms with E-state index in [1.165, 1.54) is 0 Å². The normalized spacial score (nSPS) is 16.2. The van der Waals surface area contributed by atoms with Crippen LogP contribution in [-0.4, -0.2) is 10.4 Å². The summed E-state index contributed by atoms with van der Waals surface area (Å²) >= 11 is 18.0. The fourth-order valence-electron chi connectivity index (χ4n) is 2.19. The minimum atomic E-state index is -0.611. The minimum Gasteiger partial charge on any atom is -0.359 e. The second-order valence-electron chi connectivity index (χ2n) is 5.17. The molecule has 0 amide bonds. The Morgan fingerprint density at radius 3 is 2.40 bits per heavy atom. The molecule has 3 nitrogen and oxygen atoms in total. The Kier molecular flexibility index (Phi) is 3.32. The Balaban J connectivity index is 2.25. The quantitative estimate of drug-likeness (QED) is 0.737. The van der Waals surface area contributed by atoms with Crippen LogP contribution in [0.1, 0.15) is 35.9 Å². The van der Waals surface area contributed by atoms with E-state index in [1.54, 1.807) is 18.2 Å². The average Bonchev–Trinajstić information content (AvgIpc) is 2.96. The van der Waals surface area contributed by atoms with Crippen LogP contribution in [-0.2, 0) is 5.41 Å². The van der Waals surface area contributed by atoms with E-state index in [9.17, 15) is 4.79 Å². The molecule has 104 valence electrons. The van der Waals surface area contributed by atoms with Gasteiger partial charge in [-0.05, 0) is 36.6 Å². The molecular formula is C14H10Cl3NO2. The zero-order valence-corrected chi connectivity index (χ0v) is 12.8. The number of rotatable bonds is 3. The van der Waals surface area contributed by atoms with Crippen LogP contribution in [0, 0.1) is 0 Å². The number of benzene rings is 1. The maximum atomic E-state index is 11.8. The summed E-state index contributed by atoms with van der Waals surface area (Å²) in [6, 6.07) is 5.08. The van der Waals surface area contributed by atoms with Crippen LogP contribution in [0.5, 0.6) is 0 Å². The molecule has 20 heavy (non-hydrogen) atoms. The first-order valence-corrected chi connectivity index (χ1v) is 7.22. The van der Waals surface area contributed by atoms with E-state index in [4.69, 9.17) is 39.3 Å². The lowest BCUT2D eigenvalue weighted by Gasteiger charge is -2.06. The van der Waals surface area contributed by atoms with E-state index in [1.807, 2.05) is 6.92 Å². The second kappa shape index (κ2) is 4.76. The summed E-state index contributed by atoms with van der Waals surface area (Å²) in [6.45, 7) is 2.01. The van der Waals surface area contributed by atoms with Crippen molar-refractivity contribution in [2.75, 3.05) is 0 Å². The summed E-state index contributed by atoms with van der Waals surface area (Å²) in [5.41, 5.74) is 0.878. The van der Waals surface area contributed by atoms with Gasteiger partial charge in [0.2, 0.25) is 0 Å². The van der Waals surface area contributed by atoms with Gasteiger partial charge in [0.05, 0.1) is 10.0 Å². The van der Waals surface area contributed by atoms with Crippen molar-refractivity contribution < 1.29 is 9.32 Å². The van der Waals surface area contributed by atoms with Crippen molar-refractivity contribution in [3.63, 3.8) is 0 Å². The van der Waals surface area contributed by atoms with Gasteiger partial charge >= 0.3 is 0 Å². The van der Waals surface area contributed by atoms with Crippen LogP contribution >= 0.6 is 34.8 Å². The molecule has 1 aromatic heterocycles. The van der Waals surface area contributed by atoms with Crippen LogP contribution in [0.4, 0.5) is 0 Å². The highest BCUT2D eigenvalue weighted by molar-refractivity contribution is 6.68. The highest BCUT2D eigenvalue weighted by atomic mass is 35.5. The monoisotopic (exact) mass is 329 g/mol. The van der Waals surface area contributed by atoms with E-state index in [0.29, 0.717) is 27.1 Å². The van der Waals surface area contributed by atoms with Crippen molar-refractivity contribution in [1.82, 2.24) is 5.16 Å². The molecular weight excluding hydrogens is 321 g/mol. The van der Waals surface area contributed by atoms with Crippen molar-refractivity contribution >= 4 is 40.0 Å². The fourth-order valence-corrected chi connectivity index (χ4v) is 2.95. The summed E-state index contributed by atoms with van der Waals surface area (Å²) in [6.07, 6.45) is 1.88. The number of carbonyl (C=O) groups excluding carboxylic acids is 1. The molecule has 6 heteroatoms. The highest BCUT2D eigenvalue weighted by Crippen LogP contribution is 2.51. The second-order valence-corrected chi connectivity index (χ2v) is 6.32. The molecule has 0 aliphatic heterocycles. The predicted octanol–water partition coefficient (Wildman–Crippen LogP) is 5.08. The largest absolute Gasteiger partial charge is 0.359 e. The van der Waals surface area contributed by atoms with Gasteiger partial charge in [-0.3, -0.25) is 4.79 Å². The fraction of sp³-hybridized carbons (Fsp3) is 0.286. The molecule has 2 aromatic rings. The molecule has 0 radical (unpaired) electrons. The standard InChI is InChI=1S/C14H10Cl3NO2/c1-14(5-6-14)12-10(13(17)19)11(18-20-12)9-7(15)3-2-4-8(9)16/h2-4H,5-6H2,1H3. The molecule has 0 unspecified atom stereocenters. The lowest BCUT2D eigenvalue weighted by Crippen LogP contribution is -2.05. The van der Waals surface area contributed by atoms with Gasteiger partial charge in [-0.2, -0.15) is 0 Å². The molecule has 1 fully saturated rings. The van der Waals surface area contributed by atoms with Crippen LogP contribution in [0.15, 0.2) is 22.7 Å². The molecule has 0 saturated heterocycles. The van der Waals surface area contributed by atoms with Gasteiger partial charge in [0.15, 0.2) is 5.76 Å². The molecule has 0 atom stereocenters. The van der Waals surface area contributed by atoms with Gasteiger partial charge < -0.3 is 4.52 Å². The summed E-state index contributed by atoms with van der Waals surface area (Å²) in [7, 11) is 0. The van der Waals surface area contributed by atoms with Crippen LogP contribution < -0.4 is 0 Å². The smallest absolute Gasteiger partial charge is 0.258 e. The summed E-state index contributed by atoms with van der Waals surface area (Å²) in [5, 5.41) is 4.18. The maximum Gasteiger partial charge on any atom is 0.258 e. The number of nitrogens with zero attached hydrogens (tertiary/aromatic N) is 1. The number of halogens is 3. The third kappa shape index (κ3) is 2.14. The third-order valence-electron chi connectivity index (χ3n) is 3.64. The van der Waals surface area contributed by atoms with E-state index in [-0.39, 0.29) is 11.0 Å². The van der Waals surface area contributed by atoms with Gasteiger partial charge in [0.25, 0.3) is 5.24 Å². The Labute approximate surface area is 130 Å². The van der Waals surface area contributed by atoms with Gasteiger partial charge in [0.1, 0.15) is 11.3 Å². The summed E-state index contributed by atoms with van der Waals surface area (Å²) < 4.78 is 5.38. The molecule has 1 aromatic carbocycles. The predicted molar refractivity (Wildman–Crippen MR) is 78.7 cm³/mol. The number of hydrogen-bond donors (Lipinski definition) is 0. The molecule has 1 aliphatic rings. The topological polar surface area (TPSA) is 43.1 Å². The van der Waals surface area contributed by atoms with Crippen molar-refractivity contribution in [3.05, 3.63) is 39.6 Å². The molecule has 1 heterocycles. The van der Waals surface area contributed by atoms with Gasteiger partial charge in [-0.1, -0.05) is 41.3 Å². The lowest BCUT2D eigenvalue weighted by molar-refractivity contribution is 0.107. The average molecular weight is 331 g/mol. The van der Waals surface area contributed by atoms with Gasteiger partial charge in [-0.15, -0.1) is 0 Å². The van der Waals surface area contributed by atoms with Crippen molar-refractivity contribution in [2.24, 2.45) is 0 Å².